The molecule has 0 bridgehead atoms. The molecule has 32 heavy (non-hydrogen) atoms. The minimum absolute atomic E-state index is 0.163. The number of rotatable bonds is 8. The van der Waals surface area contributed by atoms with Crippen LogP contribution in [0.15, 0.2) is 42.5 Å². The van der Waals surface area contributed by atoms with Gasteiger partial charge in [0.05, 0.1) is 25.5 Å². The third kappa shape index (κ3) is 5.57. The zero-order valence-electron chi connectivity index (χ0n) is 18.4. The Bertz CT molecular complexity index is 983. The highest BCUT2D eigenvalue weighted by molar-refractivity contribution is 6.03. The molecular weight excluding hydrogens is 410 g/mol. The number of carbonyl (C=O) groups excluding carboxylic acids is 3. The number of nitrogens with one attached hydrogen (secondary N) is 1. The molecule has 1 aliphatic rings. The highest BCUT2D eigenvalue weighted by Gasteiger charge is 2.27. The van der Waals surface area contributed by atoms with Crippen molar-refractivity contribution in [1.29, 1.82) is 0 Å². The Hall–Kier alpha value is -3.55. The fourth-order valence-electron chi connectivity index (χ4n) is 3.82. The van der Waals surface area contributed by atoms with Crippen LogP contribution >= 0.6 is 0 Å². The van der Waals surface area contributed by atoms with Crippen LogP contribution in [0.3, 0.4) is 0 Å². The monoisotopic (exact) mass is 439 g/mol. The number of nitrogens with zero attached hydrogens (tertiary/aromatic N) is 1. The number of piperidine rings is 1. The molecule has 1 fully saturated rings. The minimum Gasteiger partial charge on any atom is -0.493 e. The van der Waals surface area contributed by atoms with Crippen LogP contribution in [0.2, 0.25) is 0 Å². The van der Waals surface area contributed by atoms with Gasteiger partial charge in [-0.15, -0.1) is 0 Å². The molecule has 3 rings (SSSR count). The molecule has 0 radical (unpaired) electrons. The summed E-state index contributed by atoms with van der Waals surface area (Å²) in [6.07, 6.45) is 1.88. The molecule has 8 heteroatoms. The van der Waals surface area contributed by atoms with Crippen molar-refractivity contribution in [3.63, 3.8) is 0 Å². The summed E-state index contributed by atoms with van der Waals surface area (Å²) in [5.74, 6) is 0.385. The number of ether oxygens (including phenoxy) is 2. The number of amides is 3. The maximum Gasteiger partial charge on any atom is 0.255 e. The first kappa shape index (κ1) is 23.1. The van der Waals surface area contributed by atoms with E-state index in [4.69, 9.17) is 15.2 Å². The van der Waals surface area contributed by atoms with Gasteiger partial charge < -0.3 is 25.4 Å². The lowest BCUT2D eigenvalue weighted by Gasteiger charge is -2.31. The second kappa shape index (κ2) is 10.7. The highest BCUT2D eigenvalue weighted by Crippen LogP contribution is 2.28. The van der Waals surface area contributed by atoms with Crippen LogP contribution in [-0.4, -0.2) is 49.9 Å². The Balaban J connectivity index is 1.61. The molecule has 8 nitrogen and oxygen atoms in total. The van der Waals surface area contributed by atoms with Crippen molar-refractivity contribution in [2.75, 3.05) is 32.6 Å². The maximum absolute atomic E-state index is 13.0. The van der Waals surface area contributed by atoms with Crippen molar-refractivity contribution >= 4 is 23.4 Å². The van der Waals surface area contributed by atoms with Crippen molar-refractivity contribution in [1.82, 2.24) is 4.90 Å². The third-order valence-corrected chi connectivity index (χ3v) is 5.70. The molecule has 1 aliphatic heterocycles. The molecule has 170 valence electrons. The summed E-state index contributed by atoms with van der Waals surface area (Å²) >= 11 is 0. The van der Waals surface area contributed by atoms with E-state index in [0.717, 1.165) is 5.56 Å². The van der Waals surface area contributed by atoms with E-state index in [1.807, 2.05) is 12.1 Å². The molecule has 0 spiro atoms. The van der Waals surface area contributed by atoms with Gasteiger partial charge in [-0.2, -0.15) is 0 Å². The quantitative estimate of drug-likeness (QED) is 0.657. The van der Waals surface area contributed by atoms with Gasteiger partial charge in [-0.25, -0.2) is 0 Å². The zero-order chi connectivity index (χ0) is 23.1. The highest BCUT2D eigenvalue weighted by atomic mass is 16.5. The van der Waals surface area contributed by atoms with Crippen molar-refractivity contribution in [2.24, 2.45) is 11.7 Å². The van der Waals surface area contributed by atoms with Crippen LogP contribution in [-0.2, 0) is 16.0 Å². The SMILES string of the molecule is COc1ccc(CCC(=O)Nc2ccccc2C(=O)N2CCC(C(N)=O)CC2)cc1OC. The number of anilines is 1. The first-order valence-electron chi connectivity index (χ1n) is 10.6. The van der Waals surface area contributed by atoms with E-state index in [0.29, 0.717) is 55.1 Å². The number of hydrogen-bond acceptors (Lipinski definition) is 5. The van der Waals surface area contributed by atoms with E-state index in [9.17, 15) is 14.4 Å². The van der Waals surface area contributed by atoms with Crippen molar-refractivity contribution in [2.45, 2.75) is 25.7 Å². The predicted octanol–water partition coefficient (Wildman–Crippen LogP) is 2.61. The maximum atomic E-state index is 13.0. The molecule has 1 saturated heterocycles. The second-order valence-corrected chi connectivity index (χ2v) is 7.75. The van der Waals surface area contributed by atoms with Gasteiger partial charge in [0.25, 0.3) is 5.91 Å². The normalized spacial score (nSPS) is 14.0. The van der Waals surface area contributed by atoms with Crippen LogP contribution in [0.5, 0.6) is 11.5 Å². The molecule has 2 aromatic rings. The Kier molecular flexibility index (Phi) is 7.70. The molecule has 2 aromatic carbocycles. The number of aryl methyl sites for hydroxylation is 1. The van der Waals surface area contributed by atoms with E-state index < -0.39 is 0 Å². The molecule has 3 N–H and O–H groups in total. The number of methoxy groups -OCH3 is 2. The van der Waals surface area contributed by atoms with Crippen molar-refractivity contribution < 1.29 is 23.9 Å². The average Bonchev–Trinajstić information content (AvgIpc) is 2.82. The molecule has 0 atom stereocenters. The number of nitrogens with two attached hydrogens (primary N) is 1. The van der Waals surface area contributed by atoms with Gasteiger partial charge in [-0.1, -0.05) is 18.2 Å². The lowest BCUT2D eigenvalue weighted by molar-refractivity contribution is -0.123. The van der Waals surface area contributed by atoms with Gasteiger partial charge in [0, 0.05) is 25.4 Å². The Morgan fingerprint density at radius 1 is 1.03 bits per heavy atom. The summed E-state index contributed by atoms with van der Waals surface area (Å²) in [6.45, 7) is 0.933. The Labute approximate surface area is 187 Å². The van der Waals surface area contributed by atoms with Crippen LogP contribution in [0, 0.1) is 5.92 Å². The molecule has 0 aromatic heterocycles. The van der Waals surface area contributed by atoms with Crippen LogP contribution in [0.4, 0.5) is 5.69 Å². The molecular formula is C24H29N3O5. The Morgan fingerprint density at radius 2 is 1.72 bits per heavy atom. The van der Waals surface area contributed by atoms with Gasteiger partial charge in [-0.05, 0) is 49.1 Å². The van der Waals surface area contributed by atoms with E-state index in [-0.39, 0.29) is 30.1 Å². The minimum atomic E-state index is -0.320. The fourth-order valence-corrected chi connectivity index (χ4v) is 3.82. The van der Waals surface area contributed by atoms with E-state index in [2.05, 4.69) is 5.32 Å². The number of carbonyl (C=O) groups is 3. The van der Waals surface area contributed by atoms with E-state index >= 15 is 0 Å². The van der Waals surface area contributed by atoms with Crippen molar-refractivity contribution in [3.8, 4) is 11.5 Å². The van der Waals surface area contributed by atoms with Gasteiger partial charge >= 0.3 is 0 Å². The predicted molar refractivity (Wildman–Crippen MR) is 121 cm³/mol. The zero-order valence-corrected chi connectivity index (χ0v) is 18.4. The van der Waals surface area contributed by atoms with Crippen LogP contribution < -0.4 is 20.5 Å². The lowest BCUT2D eigenvalue weighted by Crippen LogP contribution is -2.42. The smallest absolute Gasteiger partial charge is 0.255 e. The fraction of sp³-hybridized carbons (Fsp3) is 0.375. The molecule has 0 saturated carbocycles. The summed E-state index contributed by atoms with van der Waals surface area (Å²) in [4.78, 5) is 38.7. The van der Waals surface area contributed by atoms with Gasteiger partial charge in [-0.3, -0.25) is 14.4 Å². The second-order valence-electron chi connectivity index (χ2n) is 7.75. The van der Waals surface area contributed by atoms with Gasteiger partial charge in [0.15, 0.2) is 11.5 Å². The first-order chi connectivity index (χ1) is 15.4. The topological polar surface area (TPSA) is 111 Å². The number of hydrogen-bond donors (Lipinski definition) is 2. The summed E-state index contributed by atoms with van der Waals surface area (Å²) in [5, 5.41) is 2.86. The van der Waals surface area contributed by atoms with Gasteiger partial charge in [0.2, 0.25) is 11.8 Å². The van der Waals surface area contributed by atoms with Crippen LogP contribution in [0.25, 0.3) is 0 Å². The van der Waals surface area contributed by atoms with Gasteiger partial charge in [0.1, 0.15) is 0 Å². The molecule has 3 amide bonds. The number of likely N-dealkylation sites (tertiary alicyclic amines) is 1. The summed E-state index contributed by atoms with van der Waals surface area (Å²) in [6, 6.07) is 12.5. The van der Waals surface area contributed by atoms with Crippen LogP contribution in [0.1, 0.15) is 35.2 Å². The van der Waals surface area contributed by atoms with E-state index in [1.165, 1.54) is 0 Å². The average molecular weight is 440 g/mol. The summed E-state index contributed by atoms with van der Waals surface area (Å²) in [7, 11) is 3.14. The third-order valence-electron chi connectivity index (χ3n) is 5.70. The standard InChI is InChI=1S/C24H29N3O5/c1-31-20-9-7-16(15-21(20)32-2)8-10-22(28)26-19-6-4-3-5-18(19)24(30)27-13-11-17(12-14-27)23(25)29/h3-7,9,15,17H,8,10-14H2,1-2H3,(H2,25,29)(H,26,28). The lowest BCUT2D eigenvalue weighted by atomic mass is 9.95. The van der Waals surface area contributed by atoms with Crippen molar-refractivity contribution in [3.05, 3.63) is 53.6 Å². The molecule has 1 heterocycles. The summed E-state index contributed by atoms with van der Waals surface area (Å²) in [5.41, 5.74) is 7.23. The first-order valence-corrected chi connectivity index (χ1v) is 10.6. The summed E-state index contributed by atoms with van der Waals surface area (Å²) < 4.78 is 10.5. The van der Waals surface area contributed by atoms with E-state index in [1.54, 1.807) is 49.5 Å². The number of primary amides is 1. The molecule has 0 aliphatic carbocycles. The number of para-hydroxylation sites is 1. The number of benzene rings is 2. The Morgan fingerprint density at radius 3 is 2.38 bits per heavy atom. The molecule has 0 unspecified atom stereocenters. The largest absolute Gasteiger partial charge is 0.493 e.